The van der Waals surface area contributed by atoms with Crippen LogP contribution < -0.4 is 4.74 Å². The Morgan fingerprint density at radius 2 is 1.86 bits per heavy atom. The molecule has 0 aromatic heterocycles. The van der Waals surface area contributed by atoms with Crippen molar-refractivity contribution in [1.29, 1.82) is 0 Å². The van der Waals surface area contributed by atoms with Crippen LogP contribution in [0.2, 0.25) is 0 Å². The Kier molecular flexibility index (Phi) is 3.49. The molecule has 0 radical (unpaired) electrons. The number of aryl methyl sites for hydroxylation is 1. The molecule has 0 unspecified atom stereocenters. The van der Waals surface area contributed by atoms with Crippen molar-refractivity contribution in [1.82, 2.24) is 0 Å². The lowest BCUT2D eigenvalue weighted by Gasteiger charge is -2.01. The van der Waals surface area contributed by atoms with Crippen LogP contribution in [-0.4, -0.2) is 25.8 Å². The first-order valence-electron chi connectivity index (χ1n) is 4.09. The quantitative estimate of drug-likeness (QED) is 0.766. The number of hydrogen-bond acceptors (Lipinski definition) is 3. The Morgan fingerprint density at radius 1 is 1.29 bits per heavy atom. The van der Waals surface area contributed by atoms with Gasteiger partial charge in [-0.15, -0.1) is 0 Å². The Morgan fingerprint density at radius 3 is 2.29 bits per heavy atom. The molecule has 5 heteroatoms. The second-order valence-electron chi connectivity index (χ2n) is 2.88. The molecule has 0 saturated carbocycles. The molecule has 0 atom stereocenters. The fraction of sp³-hybridized carbons (Fsp3) is 0.333. The molecule has 0 amide bonds. The van der Waals surface area contributed by atoms with Crippen LogP contribution in [0.4, 0.5) is 0 Å². The third kappa shape index (κ3) is 3.76. The Hall–Kier alpha value is -1.07. The molecule has 0 spiro atoms. The van der Waals surface area contributed by atoms with Crippen LogP contribution in [0.3, 0.4) is 0 Å². The summed E-state index contributed by atoms with van der Waals surface area (Å²) in [5, 5.41) is 0. The predicted octanol–water partition coefficient (Wildman–Crippen LogP) is 1.13. The molecule has 1 rings (SSSR count). The summed E-state index contributed by atoms with van der Waals surface area (Å²) in [6.45, 7) is 0. The first-order valence-corrected chi connectivity index (χ1v) is 5.70. The topological polar surface area (TPSA) is 63.6 Å². The highest BCUT2D eigenvalue weighted by atomic mass is 32.2. The smallest absolute Gasteiger partial charge is 0.265 e. The minimum Gasteiger partial charge on any atom is -0.497 e. The van der Waals surface area contributed by atoms with Crippen LogP contribution in [0.25, 0.3) is 0 Å². The van der Waals surface area contributed by atoms with Gasteiger partial charge in [0.1, 0.15) is 5.75 Å². The maximum atomic E-state index is 10.5. The zero-order valence-electron chi connectivity index (χ0n) is 7.80. The third-order valence-corrected chi connectivity index (χ3v) is 2.53. The first kappa shape index (κ1) is 11.0. The number of hydrogen-bond donors (Lipinski definition) is 1. The van der Waals surface area contributed by atoms with Crippen LogP contribution in [0.1, 0.15) is 5.56 Å². The molecule has 0 aliphatic carbocycles. The van der Waals surface area contributed by atoms with E-state index in [1.165, 1.54) is 0 Å². The van der Waals surface area contributed by atoms with Crippen molar-refractivity contribution >= 4 is 10.1 Å². The largest absolute Gasteiger partial charge is 0.497 e. The molecule has 0 fully saturated rings. The van der Waals surface area contributed by atoms with Crippen molar-refractivity contribution < 1.29 is 17.7 Å². The third-order valence-electron chi connectivity index (χ3n) is 1.81. The molecule has 1 aromatic rings. The molecule has 0 bridgehead atoms. The molecule has 0 saturated heterocycles. The van der Waals surface area contributed by atoms with E-state index in [9.17, 15) is 8.42 Å². The number of rotatable bonds is 4. The van der Waals surface area contributed by atoms with Gasteiger partial charge in [0.25, 0.3) is 10.1 Å². The maximum absolute atomic E-state index is 10.5. The summed E-state index contributed by atoms with van der Waals surface area (Å²) < 4.78 is 34.4. The van der Waals surface area contributed by atoms with Gasteiger partial charge in [0.05, 0.1) is 12.9 Å². The van der Waals surface area contributed by atoms with Crippen LogP contribution in [0, 0.1) is 0 Å². The Bertz CT molecular complexity index is 380. The molecule has 78 valence electrons. The lowest BCUT2D eigenvalue weighted by molar-refractivity contribution is 0.414. The second kappa shape index (κ2) is 4.43. The molecular formula is C9H12O4S. The van der Waals surface area contributed by atoms with E-state index in [4.69, 9.17) is 9.29 Å². The lowest BCUT2D eigenvalue weighted by Crippen LogP contribution is -2.06. The standard InChI is InChI=1S/C9H12O4S/c1-13-9-4-2-8(3-5-9)6-7-14(10,11)12/h2-5H,6-7H2,1H3,(H,10,11,12). The van der Waals surface area contributed by atoms with Gasteiger partial charge >= 0.3 is 0 Å². The summed E-state index contributed by atoms with van der Waals surface area (Å²) in [6, 6.07) is 7.03. The van der Waals surface area contributed by atoms with Gasteiger partial charge in [-0.1, -0.05) is 12.1 Å². The van der Waals surface area contributed by atoms with Crippen molar-refractivity contribution in [2.24, 2.45) is 0 Å². The van der Waals surface area contributed by atoms with E-state index in [0.717, 1.165) is 11.3 Å². The van der Waals surface area contributed by atoms with Crippen molar-refractivity contribution in [2.45, 2.75) is 6.42 Å². The van der Waals surface area contributed by atoms with Gasteiger partial charge in [-0.25, -0.2) is 0 Å². The second-order valence-corrected chi connectivity index (χ2v) is 4.46. The molecule has 14 heavy (non-hydrogen) atoms. The SMILES string of the molecule is COc1ccc(CCS(=O)(=O)O)cc1. The summed E-state index contributed by atoms with van der Waals surface area (Å²) >= 11 is 0. The van der Waals surface area contributed by atoms with Gasteiger partial charge in [0.15, 0.2) is 0 Å². The number of methoxy groups -OCH3 is 1. The minimum atomic E-state index is -3.87. The van der Waals surface area contributed by atoms with Gasteiger partial charge in [-0.05, 0) is 24.1 Å². The van der Waals surface area contributed by atoms with Gasteiger partial charge < -0.3 is 4.74 Å². The normalized spacial score (nSPS) is 11.3. The number of benzene rings is 1. The zero-order valence-corrected chi connectivity index (χ0v) is 8.62. The Balaban J connectivity index is 2.61. The van der Waals surface area contributed by atoms with E-state index in [0.29, 0.717) is 6.42 Å². The monoisotopic (exact) mass is 216 g/mol. The predicted molar refractivity (Wildman–Crippen MR) is 53.1 cm³/mol. The fourth-order valence-electron chi connectivity index (χ4n) is 1.04. The average molecular weight is 216 g/mol. The van der Waals surface area contributed by atoms with E-state index in [1.807, 2.05) is 0 Å². The highest BCUT2D eigenvalue weighted by Gasteiger charge is 2.04. The van der Waals surface area contributed by atoms with E-state index >= 15 is 0 Å². The van der Waals surface area contributed by atoms with Gasteiger partial charge in [-0.3, -0.25) is 4.55 Å². The fourth-order valence-corrected chi connectivity index (χ4v) is 1.53. The van der Waals surface area contributed by atoms with Gasteiger partial charge in [-0.2, -0.15) is 8.42 Å². The zero-order chi connectivity index (χ0) is 10.6. The summed E-state index contributed by atoms with van der Waals surface area (Å²) in [6.07, 6.45) is 0.308. The van der Waals surface area contributed by atoms with E-state index in [2.05, 4.69) is 0 Å². The van der Waals surface area contributed by atoms with Gasteiger partial charge in [0.2, 0.25) is 0 Å². The number of ether oxygens (including phenoxy) is 1. The highest BCUT2D eigenvalue weighted by Crippen LogP contribution is 2.11. The van der Waals surface area contributed by atoms with E-state index < -0.39 is 10.1 Å². The average Bonchev–Trinajstić information content (AvgIpc) is 2.14. The van der Waals surface area contributed by atoms with Crippen LogP contribution in [0.15, 0.2) is 24.3 Å². The molecular weight excluding hydrogens is 204 g/mol. The summed E-state index contributed by atoms with van der Waals surface area (Å²) in [7, 11) is -2.31. The van der Waals surface area contributed by atoms with Crippen molar-refractivity contribution in [3.05, 3.63) is 29.8 Å². The minimum absolute atomic E-state index is 0.251. The van der Waals surface area contributed by atoms with Crippen molar-refractivity contribution in [3.8, 4) is 5.75 Å². The molecule has 4 nitrogen and oxygen atoms in total. The molecule has 0 heterocycles. The van der Waals surface area contributed by atoms with Crippen molar-refractivity contribution in [2.75, 3.05) is 12.9 Å². The summed E-state index contributed by atoms with van der Waals surface area (Å²) in [4.78, 5) is 0. The van der Waals surface area contributed by atoms with Crippen molar-refractivity contribution in [3.63, 3.8) is 0 Å². The highest BCUT2D eigenvalue weighted by molar-refractivity contribution is 7.85. The molecule has 0 aliphatic rings. The van der Waals surface area contributed by atoms with E-state index in [1.54, 1.807) is 31.4 Å². The summed E-state index contributed by atoms with van der Waals surface area (Å²) in [5.74, 6) is 0.472. The molecule has 0 aliphatic heterocycles. The maximum Gasteiger partial charge on any atom is 0.265 e. The first-order chi connectivity index (χ1) is 6.51. The van der Waals surface area contributed by atoms with Crippen LogP contribution in [0.5, 0.6) is 5.75 Å². The molecule has 1 N–H and O–H groups in total. The summed E-state index contributed by atoms with van der Waals surface area (Å²) in [5.41, 5.74) is 0.850. The Labute approximate surface area is 83.3 Å². The van der Waals surface area contributed by atoms with Gasteiger partial charge in [0, 0.05) is 0 Å². The van der Waals surface area contributed by atoms with E-state index in [-0.39, 0.29) is 5.75 Å². The lowest BCUT2D eigenvalue weighted by atomic mass is 10.2. The van der Waals surface area contributed by atoms with Crippen LogP contribution >= 0.6 is 0 Å². The molecule has 1 aromatic carbocycles. The van der Waals surface area contributed by atoms with Crippen LogP contribution in [-0.2, 0) is 16.5 Å².